The predicted molar refractivity (Wildman–Crippen MR) is 45.4 cm³/mol. The fourth-order valence-electron chi connectivity index (χ4n) is 0.354. The summed E-state index contributed by atoms with van der Waals surface area (Å²) >= 11 is 0. The molecule has 0 aromatic carbocycles. The molecule has 8 heavy (non-hydrogen) atoms. The Morgan fingerprint density at radius 1 is 1.25 bits per heavy atom. The summed E-state index contributed by atoms with van der Waals surface area (Å²) in [5.41, 5.74) is 0. The quantitative estimate of drug-likeness (QED) is 0.524. The van der Waals surface area contributed by atoms with E-state index in [1.54, 1.807) is 0 Å². The van der Waals surface area contributed by atoms with E-state index in [1.807, 2.05) is 0 Å². The lowest BCUT2D eigenvalue weighted by atomic mass is 11.0. The Labute approximate surface area is 55.7 Å². The zero-order valence-electron chi connectivity index (χ0n) is 6.71. The molecule has 0 aliphatic rings. The van der Waals surface area contributed by atoms with Gasteiger partial charge in [0.05, 0.1) is 0 Å². The molecule has 0 aliphatic carbocycles. The molecule has 0 amide bonds. The van der Waals surface area contributed by atoms with Crippen molar-refractivity contribution >= 4 is 15.9 Å². The highest BCUT2D eigenvalue weighted by molar-refractivity contribution is 7.31. The lowest BCUT2D eigenvalue weighted by Crippen LogP contribution is -2.40. The highest BCUT2D eigenvalue weighted by Gasteiger charge is 2.22. The summed E-state index contributed by atoms with van der Waals surface area (Å²) in [5.74, 6) is 0. The van der Waals surface area contributed by atoms with Crippen molar-refractivity contribution < 1.29 is 0 Å². The van der Waals surface area contributed by atoms with E-state index >= 15 is 0 Å². The molecule has 0 spiro atoms. The van der Waals surface area contributed by atoms with Gasteiger partial charge in [0.15, 0.2) is 0 Å². The van der Waals surface area contributed by atoms with Gasteiger partial charge in [-0.15, -0.1) is 0 Å². The van der Waals surface area contributed by atoms with Gasteiger partial charge in [-0.2, -0.15) is 0 Å². The topological polar surface area (TPSA) is 0 Å². The molecule has 2 heteroatoms. The Hall–Kier alpha value is 0.434. The van der Waals surface area contributed by atoms with Crippen molar-refractivity contribution in [1.82, 2.24) is 0 Å². The van der Waals surface area contributed by atoms with Gasteiger partial charge in [0, 0.05) is 15.9 Å². The van der Waals surface area contributed by atoms with Crippen LogP contribution in [0.5, 0.6) is 0 Å². The van der Waals surface area contributed by atoms with Gasteiger partial charge in [-0.3, -0.25) is 0 Å². The summed E-state index contributed by atoms with van der Waals surface area (Å²) in [7, 11) is -0.576. The van der Waals surface area contributed by atoms with Crippen LogP contribution in [0, 0.1) is 0 Å². The Morgan fingerprint density at radius 2 is 1.62 bits per heavy atom. The summed E-state index contributed by atoms with van der Waals surface area (Å²) < 4.78 is 0. The van der Waals surface area contributed by atoms with Crippen LogP contribution in [0.4, 0.5) is 0 Å². The van der Waals surface area contributed by atoms with E-state index in [0.29, 0.717) is 0 Å². The second-order valence-electron chi connectivity index (χ2n) is 3.24. The van der Waals surface area contributed by atoms with E-state index < -0.39 is 7.59 Å². The van der Waals surface area contributed by atoms with Gasteiger partial charge in [-0.1, -0.05) is 39.2 Å². The Kier molecular flexibility index (Phi) is 2.98. The molecule has 1 radical (unpaired) electrons. The van der Waals surface area contributed by atoms with E-state index in [0.717, 1.165) is 0 Å². The van der Waals surface area contributed by atoms with E-state index in [4.69, 9.17) is 0 Å². The van der Waals surface area contributed by atoms with Gasteiger partial charge >= 0.3 is 0 Å². The molecule has 0 unspecified atom stereocenters. The molecule has 0 aromatic heterocycles. The molecule has 0 aliphatic heterocycles. The Balaban J connectivity index is 3.71. The van der Waals surface area contributed by atoms with Gasteiger partial charge in [0.2, 0.25) is 0 Å². The average molecular weight is 145 g/mol. The van der Waals surface area contributed by atoms with Crippen LogP contribution in [0.15, 0.2) is 0 Å². The van der Waals surface area contributed by atoms with Crippen LogP contribution < -0.4 is 0 Å². The molecule has 0 aromatic rings. The summed E-state index contributed by atoms with van der Waals surface area (Å²) in [6, 6.07) is 1.47. The summed E-state index contributed by atoms with van der Waals surface area (Å²) in [6.07, 6.45) is 0. The summed E-state index contributed by atoms with van der Waals surface area (Å²) in [5, 5.41) is 0. The maximum atomic E-state index is 2.50. The van der Waals surface area contributed by atoms with Crippen molar-refractivity contribution in [3.05, 3.63) is 0 Å². The zero-order valence-corrected chi connectivity index (χ0v) is 8.71. The van der Waals surface area contributed by atoms with E-state index in [-0.39, 0.29) is 8.31 Å². The van der Waals surface area contributed by atoms with Crippen molar-refractivity contribution in [1.29, 1.82) is 0 Å². The zero-order chi connectivity index (χ0) is 6.78. The third-order valence-electron chi connectivity index (χ3n) is 2.24. The molecule has 0 bridgehead atoms. The van der Waals surface area contributed by atoms with Gasteiger partial charge in [-0.05, 0) is 0 Å². The maximum Gasteiger partial charge on any atom is 0.0381 e. The molecule has 0 saturated carbocycles. The molecule has 49 valence electrons. The standard InChI is InChI=1S/C6H17Si2/c1-6-8(4,5)7(2)3/h6H2,1-5H3. The summed E-state index contributed by atoms with van der Waals surface area (Å²) in [6.45, 7) is 12.2. The fraction of sp³-hybridized carbons (Fsp3) is 1.00. The van der Waals surface area contributed by atoms with Crippen LogP contribution in [-0.2, 0) is 0 Å². The molecule has 0 N–H and O–H groups in total. The van der Waals surface area contributed by atoms with E-state index in [1.165, 1.54) is 6.04 Å². The summed E-state index contributed by atoms with van der Waals surface area (Å²) in [4.78, 5) is 0. The first-order valence-corrected chi connectivity index (χ1v) is 10.0. The van der Waals surface area contributed by atoms with Crippen molar-refractivity contribution in [3.63, 3.8) is 0 Å². The van der Waals surface area contributed by atoms with E-state index in [2.05, 4.69) is 33.1 Å². The van der Waals surface area contributed by atoms with Gasteiger partial charge in [0.1, 0.15) is 0 Å². The van der Waals surface area contributed by atoms with E-state index in [9.17, 15) is 0 Å². The SMILES string of the molecule is CC[Si](C)(C)[Si](C)C. The van der Waals surface area contributed by atoms with Crippen LogP contribution in [0.3, 0.4) is 0 Å². The van der Waals surface area contributed by atoms with Crippen LogP contribution in [-0.4, -0.2) is 15.9 Å². The molecule has 0 rings (SSSR count). The second-order valence-corrected chi connectivity index (χ2v) is 16.8. The highest BCUT2D eigenvalue weighted by atomic mass is 29.2. The monoisotopic (exact) mass is 145 g/mol. The van der Waals surface area contributed by atoms with Gasteiger partial charge in [0.25, 0.3) is 0 Å². The van der Waals surface area contributed by atoms with Gasteiger partial charge < -0.3 is 0 Å². The second kappa shape index (κ2) is 2.83. The third-order valence-corrected chi connectivity index (χ3v) is 15.9. The largest absolute Gasteiger partial charge is 0.0733 e. The van der Waals surface area contributed by atoms with Gasteiger partial charge in [-0.25, -0.2) is 0 Å². The maximum absolute atomic E-state index is 2.50. The lowest BCUT2D eigenvalue weighted by Gasteiger charge is -2.23. The number of hydrogen-bond donors (Lipinski definition) is 0. The molecular weight excluding hydrogens is 128 g/mol. The molecule has 0 atom stereocenters. The number of rotatable bonds is 2. The minimum atomic E-state index is -0.653. The number of hydrogen-bond acceptors (Lipinski definition) is 0. The fourth-order valence-corrected chi connectivity index (χ4v) is 3.18. The minimum absolute atomic E-state index is 0.0772. The van der Waals surface area contributed by atoms with Crippen LogP contribution in [0.1, 0.15) is 6.92 Å². The first kappa shape index (κ1) is 8.43. The molecule has 0 nitrogen and oxygen atoms in total. The first-order chi connectivity index (χ1) is 3.50. The predicted octanol–water partition coefficient (Wildman–Crippen LogP) is 2.55. The lowest BCUT2D eigenvalue weighted by molar-refractivity contribution is 1.39. The van der Waals surface area contributed by atoms with Crippen molar-refractivity contribution in [2.24, 2.45) is 0 Å². The van der Waals surface area contributed by atoms with Crippen LogP contribution in [0.2, 0.25) is 32.2 Å². The first-order valence-electron chi connectivity index (χ1n) is 3.31. The van der Waals surface area contributed by atoms with Crippen molar-refractivity contribution in [3.8, 4) is 0 Å². The minimum Gasteiger partial charge on any atom is -0.0733 e. The molecule has 0 fully saturated rings. The van der Waals surface area contributed by atoms with Crippen molar-refractivity contribution in [2.75, 3.05) is 0 Å². The van der Waals surface area contributed by atoms with Crippen molar-refractivity contribution in [2.45, 2.75) is 39.2 Å². The normalized spacial score (nSPS) is 12.8. The molecule has 0 saturated heterocycles. The Morgan fingerprint density at radius 3 is 1.62 bits per heavy atom. The molecular formula is C6H17Si2. The van der Waals surface area contributed by atoms with Crippen LogP contribution in [0.25, 0.3) is 0 Å². The highest BCUT2D eigenvalue weighted by Crippen LogP contribution is 2.11. The average Bonchev–Trinajstić information content (AvgIpc) is 1.67. The van der Waals surface area contributed by atoms with Crippen LogP contribution >= 0.6 is 0 Å². The smallest absolute Gasteiger partial charge is 0.0381 e. The molecule has 0 heterocycles. The third kappa shape index (κ3) is 2.13. The Bertz CT molecular complexity index is 66.9.